The zero-order valence-electron chi connectivity index (χ0n) is 12.6. The number of piperidine rings is 1. The van der Waals surface area contributed by atoms with Gasteiger partial charge in [-0.15, -0.1) is 0 Å². The van der Waals surface area contributed by atoms with Gasteiger partial charge in [-0.05, 0) is 34.0 Å². The Labute approximate surface area is 117 Å². The molecule has 0 spiro atoms. The molecule has 0 radical (unpaired) electrons. The maximum Gasteiger partial charge on any atom is 0.236 e. The van der Waals surface area contributed by atoms with Gasteiger partial charge in [0.25, 0.3) is 0 Å². The highest BCUT2D eigenvalue weighted by Gasteiger charge is 2.25. The van der Waals surface area contributed by atoms with E-state index in [4.69, 9.17) is 0 Å². The minimum atomic E-state index is 0.321. The highest BCUT2D eigenvalue weighted by molar-refractivity contribution is 5.78. The van der Waals surface area contributed by atoms with Gasteiger partial charge >= 0.3 is 0 Å². The molecule has 0 N–H and O–H groups in total. The Hall–Kier alpha value is -0.650. The summed E-state index contributed by atoms with van der Waals surface area (Å²) < 4.78 is 0. The Kier molecular flexibility index (Phi) is 5.19. The van der Waals surface area contributed by atoms with Crippen molar-refractivity contribution in [3.8, 4) is 0 Å². The quantitative estimate of drug-likeness (QED) is 0.708. The van der Waals surface area contributed by atoms with Crippen molar-refractivity contribution in [3.63, 3.8) is 0 Å². The number of amides is 1. The predicted molar refractivity (Wildman–Crippen MR) is 77.2 cm³/mol. The van der Waals surface area contributed by atoms with E-state index in [9.17, 15) is 4.79 Å². The van der Waals surface area contributed by atoms with Crippen molar-refractivity contribution < 1.29 is 4.79 Å². The SMILES string of the molecule is CN1CCN(CC(=O)N2CCC(N(C)C)CC2)CC1. The van der Waals surface area contributed by atoms with Crippen molar-refractivity contribution in [1.29, 1.82) is 0 Å². The van der Waals surface area contributed by atoms with Crippen molar-refractivity contribution in [1.82, 2.24) is 19.6 Å². The minimum Gasteiger partial charge on any atom is -0.341 e. The molecule has 0 atom stereocenters. The summed E-state index contributed by atoms with van der Waals surface area (Å²) in [6.07, 6.45) is 2.23. The van der Waals surface area contributed by atoms with Gasteiger partial charge in [0.05, 0.1) is 6.54 Å². The molecule has 2 fully saturated rings. The van der Waals surface area contributed by atoms with Crippen molar-refractivity contribution in [2.75, 3.05) is 67.0 Å². The van der Waals surface area contributed by atoms with E-state index in [-0.39, 0.29) is 0 Å². The minimum absolute atomic E-state index is 0.321. The maximum absolute atomic E-state index is 12.3. The Bertz CT molecular complexity index is 292. The molecule has 0 aliphatic carbocycles. The van der Waals surface area contributed by atoms with Crippen LogP contribution >= 0.6 is 0 Å². The second kappa shape index (κ2) is 6.68. The molecule has 0 aromatic heterocycles. The van der Waals surface area contributed by atoms with Crippen LogP contribution in [-0.4, -0.2) is 98.5 Å². The third kappa shape index (κ3) is 4.16. The van der Waals surface area contributed by atoms with Gasteiger partial charge in [0.15, 0.2) is 0 Å². The summed E-state index contributed by atoms with van der Waals surface area (Å²) in [6, 6.07) is 0.646. The summed E-state index contributed by atoms with van der Waals surface area (Å²) in [7, 11) is 6.41. The summed E-state index contributed by atoms with van der Waals surface area (Å²) >= 11 is 0. The van der Waals surface area contributed by atoms with Crippen molar-refractivity contribution in [2.24, 2.45) is 0 Å². The molecule has 2 saturated heterocycles. The van der Waals surface area contributed by atoms with Crippen molar-refractivity contribution >= 4 is 5.91 Å². The fourth-order valence-corrected chi connectivity index (χ4v) is 2.93. The molecule has 0 aromatic rings. The molecule has 110 valence electrons. The summed E-state index contributed by atoms with van der Waals surface area (Å²) in [4.78, 5) is 21.2. The van der Waals surface area contributed by atoms with Gasteiger partial charge in [-0.3, -0.25) is 9.69 Å². The van der Waals surface area contributed by atoms with Crippen LogP contribution < -0.4 is 0 Å². The Morgan fingerprint density at radius 1 is 1.05 bits per heavy atom. The summed E-state index contributed by atoms with van der Waals surface area (Å²) in [5.41, 5.74) is 0. The third-order valence-electron chi connectivity index (χ3n) is 4.50. The van der Waals surface area contributed by atoms with Crippen LogP contribution in [0.15, 0.2) is 0 Å². The van der Waals surface area contributed by atoms with Gasteiger partial charge in [0.2, 0.25) is 5.91 Å². The normalized spacial score (nSPS) is 24.1. The summed E-state index contributed by atoms with van der Waals surface area (Å²) in [5.74, 6) is 0.321. The standard InChI is InChI=1S/C14H28N4O/c1-15(2)13-4-6-18(7-5-13)14(19)12-17-10-8-16(3)9-11-17/h13H,4-12H2,1-3H3. The smallest absolute Gasteiger partial charge is 0.236 e. The Balaban J connectivity index is 1.72. The second-order valence-corrected chi connectivity index (χ2v) is 6.15. The highest BCUT2D eigenvalue weighted by atomic mass is 16.2. The van der Waals surface area contributed by atoms with Crippen LogP contribution in [0.2, 0.25) is 0 Å². The molecule has 0 unspecified atom stereocenters. The monoisotopic (exact) mass is 268 g/mol. The lowest BCUT2D eigenvalue weighted by molar-refractivity contribution is -0.134. The number of carbonyl (C=O) groups excluding carboxylic acids is 1. The van der Waals surface area contributed by atoms with Crippen LogP contribution in [0.25, 0.3) is 0 Å². The van der Waals surface area contributed by atoms with Crippen LogP contribution in [-0.2, 0) is 4.79 Å². The molecule has 2 heterocycles. The lowest BCUT2D eigenvalue weighted by atomic mass is 10.0. The van der Waals surface area contributed by atoms with Gasteiger partial charge in [0, 0.05) is 45.3 Å². The molecular formula is C14H28N4O. The Morgan fingerprint density at radius 2 is 1.63 bits per heavy atom. The fourth-order valence-electron chi connectivity index (χ4n) is 2.93. The van der Waals surface area contributed by atoms with Gasteiger partial charge < -0.3 is 14.7 Å². The molecule has 19 heavy (non-hydrogen) atoms. The zero-order chi connectivity index (χ0) is 13.8. The lowest BCUT2D eigenvalue weighted by Gasteiger charge is -2.37. The molecule has 2 rings (SSSR count). The first-order chi connectivity index (χ1) is 9.06. The number of nitrogens with zero attached hydrogens (tertiary/aromatic N) is 4. The number of hydrogen-bond acceptors (Lipinski definition) is 4. The Morgan fingerprint density at radius 3 is 2.16 bits per heavy atom. The number of piperazine rings is 1. The number of rotatable bonds is 3. The summed E-state index contributed by atoms with van der Waals surface area (Å²) in [5, 5.41) is 0. The first-order valence-corrected chi connectivity index (χ1v) is 7.41. The fraction of sp³-hybridized carbons (Fsp3) is 0.929. The summed E-state index contributed by atoms with van der Waals surface area (Å²) in [6.45, 7) is 6.67. The topological polar surface area (TPSA) is 30.0 Å². The first-order valence-electron chi connectivity index (χ1n) is 7.41. The largest absolute Gasteiger partial charge is 0.341 e. The lowest BCUT2D eigenvalue weighted by Crippen LogP contribution is -2.51. The predicted octanol–water partition coefficient (Wildman–Crippen LogP) is -0.214. The highest BCUT2D eigenvalue weighted by Crippen LogP contribution is 2.14. The van der Waals surface area contributed by atoms with E-state index in [1.165, 1.54) is 0 Å². The number of hydrogen-bond donors (Lipinski definition) is 0. The molecule has 1 amide bonds. The van der Waals surface area contributed by atoms with Crippen LogP contribution in [0, 0.1) is 0 Å². The molecule has 5 heteroatoms. The molecule has 0 saturated carbocycles. The van der Waals surface area contributed by atoms with Gasteiger partial charge in [-0.2, -0.15) is 0 Å². The molecular weight excluding hydrogens is 240 g/mol. The molecule has 5 nitrogen and oxygen atoms in total. The van der Waals surface area contributed by atoms with E-state index in [1.54, 1.807) is 0 Å². The van der Waals surface area contributed by atoms with Crippen LogP contribution in [0.4, 0.5) is 0 Å². The average Bonchev–Trinajstić information content (AvgIpc) is 2.41. The van der Waals surface area contributed by atoms with Crippen LogP contribution in [0.3, 0.4) is 0 Å². The van der Waals surface area contributed by atoms with Crippen LogP contribution in [0.5, 0.6) is 0 Å². The van der Waals surface area contributed by atoms with Gasteiger partial charge in [-0.25, -0.2) is 0 Å². The van der Waals surface area contributed by atoms with E-state index in [0.29, 0.717) is 18.5 Å². The number of carbonyl (C=O) groups is 1. The van der Waals surface area contributed by atoms with E-state index >= 15 is 0 Å². The van der Waals surface area contributed by atoms with Gasteiger partial charge in [0.1, 0.15) is 0 Å². The maximum atomic E-state index is 12.3. The van der Waals surface area contributed by atoms with Gasteiger partial charge in [-0.1, -0.05) is 0 Å². The van der Waals surface area contributed by atoms with E-state index < -0.39 is 0 Å². The third-order valence-corrected chi connectivity index (χ3v) is 4.50. The van der Waals surface area contributed by atoms with E-state index in [0.717, 1.165) is 52.1 Å². The van der Waals surface area contributed by atoms with E-state index in [2.05, 4.69) is 40.7 Å². The molecule has 0 bridgehead atoms. The number of likely N-dealkylation sites (tertiary alicyclic amines) is 1. The molecule has 2 aliphatic rings. The average molecular weight is 268 g/mol. The zero-order valence-corrected chi connectivity index (χ0v) is 12.6. The van der Waals surface area contributed by atoms with Crippen molar-refractivity contribution in [2.45, 2.75) is 18.9 Å². The second-order valence-electron chi connectivity index (χ2n) is 6.15. The van der Waals surface area contributed by atoms with Crippen LogP contribution in [0.1, 0.15) is 12.8 Å². The van der Waals surface area contributed by atoms with Crippen molar-refractivity contribution in [3.05, 3.63) is 0 Å². The first kappa shape index (κ1) is 14.8. The molecule has 2 aliphatic heterocycles. The number of likely N-dealkylation sites (N-methyl/N-ethyl adjacent to an activating group) is 1. The van der Waals surface area contributed by atoms with E-state index in [1.807, 2.05) is 0 Å². The molecule has 0 aromatic carbocycles.